The summed E-state index contributed by atoms with van der Waals surface area (Å²) in [6.45, 7) is 0.862. The summed E-state index contributed by atoms with van der Waals surface area (Å²) in [5.74, 6) is 0.792. The molecule has 26 heavy (non-hydrogen) atoms. The van der Waals surface area contributed by atoms with Crippen molar-refractivity contribution in [2.75, 3.05) is 6.61 Å². The summed E-state index contributed by atoms with van der Waals surface area (Å²) in [4.78, 5) is 18.2. The Bertz CT molecular complexity index is 1090. The number of hydrogen-bond donors (Lipinski definition) is 0. The Morgan fingerprint density at radius 1 is 1.08 bits per heavy atom. The van der Waals surface area contributed by atoms with Crippen molar-refractivity contribution in [3.63, 3.8) is 0 Å². The summed E-state index contributed by atoms with van der Waals surface area (Å²) in [7, 11) is 0. The van der Waals surface area contributed by atoms with E-state index < -0.39 is 0 Å². The van der Waals surface area contributed by atoms with E-state index in [4.69, 9.17) is 4.74 Å². The zero-order valence-corrected chi connectivity index (χ0v) is 16.2. The van der Waals surface area contributed by atoms with E-state index >= 15 is 0 Å². The summed E-state index contributed by atoms with van der Waals surface area (Å²) < 4.78 is 8.32. The third-order valence-corrected chi connectivity index (χ3v) is 5.48. The molecule has 4 nitrogen and oxygen atoms in total. The van der Waals surface area contributed by atoms with Crippen LogP contribution in [0.1, 0.15) is 0 Å². The molecule has 0 aliphatic heterocycles. The van der Waals surface area contributed by atoms with Crippen LogP contribution in [0.2, 0.25) is 0 Å². The van der Waals surface area contributed by atoms with Gasteiger partial charge in [-0.25, -0.2) is 4.98 Å². The normalized spacial score (nSPS) is 11.0. The monoisotopic (exact) mass is 426 g/mol. The molecule has 0 saturated heterocycles. The average molecular weight is 427 g/mol. The predicted octanol–water partition coefficient (Wildman–Crippen LogP) is 4.97. The second-order valence-electron chi connectivity index (χ2n) is 5.74. The van der Waals surface area contributed by atoms with Crippen LogP contribution in [0.15, 0.2) is 75.6 Å². The van der Waals surface area contributed by atoms with Gasteiger partial charge in [-0.05, 0) is 29.8 Å². The van der Waals surface area contributed by atoms with Gasteiger partial charge in [-0.3, -0.25) is 9.36 Å². The van der Waals surface area contributed by atoms with E-state index in [2.05, 4.69) is 20.9 Å². The van der Waals surface area contributed by atoms with Crippen LogP contribution in [0.5, 0.6) is 5.75 Å². The molecule has 0 atom stereocenters. The Kier molecular flexibility index (Phi) is 4.86. The maximum absolute atomic E-state index is 13.0. The van der Waals surface area contributed by atoms with E-state index in [-0.39, 0.29) is 5.56 Å². The highest BCUT2D eigenvalue weighted by molar-refractivity contribution is 9.10. The molecular weight excluding hydrogens is 412 g/mol. The lowest BCUT2D eigenvalue weighted by molar-refractivity contribution is 0.296. The molecular formula is C20H15BrN2O2S. The number of aromatic nitrogens is 2. The van der Waals surface area contributed by atoms with Crippen LogP contribution in [-0.2, 0) is 6.54 Å². The van der Waals surface area contributed by atoms with Gasteiger partial charge in [0.1, 0.15) is 17.2 Å². The lowest BCUT2D eigenvalue weighted by Crippen LogP contribution is -2.23. The molecule has 0 amide bonds. The number of nitrogens with zero attached hydrogens (tertiary/aromatic N) is 2. The van der Waals surface area contributed by atoms with Gasteiger partial charge >= 0.3 is 0 Å². The molecule has 0 spiro atoms. The molecule has 4 aromatic rings. The van der Waals surface area contributed by atoms with E-state index in [0.29, 0.717) is 18.5 Å². The minimum Gasteiger partial charge on any atom is -0.492 e. The number of benzene rings is 2. The van der Waals surface area contributed by atoms with Crippen LogP contribution >= 0.6 is 27.3 Å². The second-order valence-corrected chi connectivity index (χ2v) is 7.51. The van der Waals surface area contributed by atoms with Crippen molar-refractivity contribution in [1.82, 2.24) is 9.55 Å². The Labute approximate surface area is 162 Å². The number of hydrogen-bond acceptors (Lipinski definition) is 4. The number of fused-ring (bicyclic) bond motifs is 1. The minimum absolute atomic E-state index is 0.0363. The van der Waals surface area contributed by atoms with Crippen molar-refractivity contribution in [2.24, 2.45) is 0 Å². The summed E-state index contributed by atoms with van der Waals surface area (Å²) in [6, 6.07) is 17.5. The van der Waals surface area contributed by atoms with Crippen LogP contribution in [0.4, 0.5) is 0 Å². The highest BCUT2D eigenvalue weighted by atomic mass is 79.9. The first-order chi connectivity index (χ1) is 12.7. The molecule has 2 heterocycles. The van der Waals surface area contributed by atoms with Crippen molar-refractivity contribution >= 4 is 37.5 Å². The van der Waals surface area contributed by atoms with E-state index in [0.717, 1.165) is 26.2 Å². The molecule has 2 aromatic carbocycles. The first-order valence-corrected chi connectivity index (χ1v) is 9.80. The van der Waals surface area contributed by atoms with Crippen molar-refractivity contribution < 1.29 is 4.74 Å². The Morgan fingerprint density at radius 3 is 2.62 bits per heavy atom. The highest BCUT2D eigenvalue weighted by Crippen LogP contribution is 2.31. The molecule has 130 valence electrons. The van der Waals surface area contributed by atoms with Crippen molar-refractivity contribution in [3.05, 3.63) is 81.1 Å². The average Bonchev–Trinajstić information content (AvgIpc) is 3.10. The van der Waals surface area contributed by atoms with Gasteiger partial charge in [0.05, 0.1) is 18.3 Å². The third-order valence-electron chi connectivity index (χ3n) is 4.06. The molecule has 0 aliphatic rings. The molecule has 0 aliphatic carbocycles. The summed E-state index contributed by atoms with van der Waals surface area (Å²) in [6.07, 6.45) is 1.60. The second kappa shape index (κ2) is 7.43. The fourth-order valence-corrected chi connectivity index (χ4v) is 3.92. The van der Waals surface area contributed by atoms with Crippen molar-refractivity contribution in [3.8, 4) is 16.9 Å². The van der Waals surface area contributed by atoms with Gasteiger partial charge in [0.25, 0.3) is 5.56 Å². The maximum Gasteiger partial charge on any atom is 0.262 e. The van der Waals surface area contributed by atoms with Crippen LogP contribution < -0.4 is 10.3 Å². The number of para-hydroxylation sites is 1. The van der Waals surface area contributed by atoms with Gasteiger partial charge in [0.15, 0.2) is 0 Å². The number of thiophene rings is 1. The molecule has 0 bridgehead atoms. The minimum atomic E-state index is -0.0363. The zero-order chi connectivity index (χ0) is 17.9. The molecule has 0 N–H and O–H groups in total. The molecule has 4 rings (SSSR count). The third kappa shape index (κ3) is 3.43. The first-order valence-electron chi connectivity index (χ1n) is 8.13. The van der Waals surface area contributed by atoms with Crippen LogP contribution in [-0.4, -0.2) is 16.2 Å². The Balaban J connectivity index is 1.62. The van der Waals surface area contributed by atoms with Gasteiger partial charge in [0.2, 0.25) is 0 Å². The van der Waals surface area contributed by atoms with E-state index in [9.17, 15) is 4.79 Å². The lowest BCUT2D eigenvalue weighted by Gasteiger charge is -2.08. The SMILES string of the molecule is O=c1c2c(-c3ccc(Br)cc3)csc2ncn1CCOc1ccccc1. The zero-order valence-electron chi connectivity index (χ0n) is 13.8. The topological polar surface area (TPSA) is 44.1 Å². The molecule has 6 heteroatoms. The number of ether oxygens (including phenoxy) is 1. The summed E-state index contributed by atoms with van der Waals surface area (Å²) in [5.41, 5.74) is 1.90. The van der Waals surface area contributed by atoms with E-state index in [1.165, 1.54) is 11.3 Å². The highest BCUT2D eigenvalue weighted by Gasteiger charge is 2.13. The molecule has 0 fully saturated rings. The molecule has 0 saturated carbocycles. The van der Waals surface area contributed by atoms with E-state index in [1.54, 1.807) is 10.9 Å². The number of halogens is 1. The van der Waals surface area contributed by atoms with Crippen molar-refractivity contribution in [2.45, 2.75) is 6.54 Å². The maximum atomic E-state index is 13.0. The Morgan fingerprint density at radius 2 is 1.85 bits per heavy atom. The van der Waals surface area contributed by atoms with Crippen LogP contribution in [0.25, 0.3) is 21.3 Å². The quantitative estimate of drug-likeness (QED) is 0.452. The molecule has 0 radical (unpaired) electrons. The van der Waals surface area contributed by atoms with Gasteiger partial charge in [-0.15, -0.1) is 11.3 Å². The standard InChI is InChI=1S/C20H15BrN2O2S/c21-15-8-6-14(7-9-15)17-12-26-19-18(17)20(24)23(13-22-19)10-11-25-16-4-2-1-3-5-16/h1-9,12-13H,10-11H2. The van der Waals surface area contributed by atoms with Gasteiger partial charge in [-0.1, -0.05) is 46.3 Å². The largest absolute Gasteiger partial charge is 0.492 e. The van der Waals surface area contributed by atoms with Gasteiger partial charge in [-0.2, -0.15) is 0 Å². The van der Waals surface area contributed by atoms with Gasteiger partial charge < -0.3 is 4.74 Å². The van der Waals surface area contributed by atoms with Gasteiger partial charge in [0, 0.05) is 15.4 Å². The van der Waals surface area contributed by atoms with Crippen LogP contribution in [0, 0.1) is 0 Å². The fourth-order valence-electron chi connectivity index (χ4n) is 2.75. The van der Waals surface area contributed by atoms with E-state index in [1.807, 2.05) is 60.0 Å². The molecule has 0 unspecified atom stereocenters. The van der Waals surface area contributed by atoms with Crippen LogP contribution in [0.3, 0.4) is 0 Å². The summed E-state index contributed by atoms with van der Waals surface area (Å²) in [5, 5.41) is 2.66. The fraction of sp³-hybridized carbons (Fsp3) is 0.100. The summed E-state index contributed by atoms with van der Waals surface area (Å²) >= 11 is 4.93. The molecule has 2 aromatic heterocycles. The Hall–Kier alpha value is -2.44. The number of rotatable bonds is 5. The van der Waals surface area contributed by atoms with Crippen molar-refractivity contribution in [1.29, 1.82) is 0 Å². The lowest BCUT2D eigenvalue weighted by atomic mass is 10.1. The smallest absolute Gasteiger partial charge is 0.262 e. The first kappa shape index (κ1) is 17.0. The predicted molar refractivity (Wildman–Crippen MR) is 109 cm³/mol.